The summed E-state index contributed by atoms with van der Waals surface area (Å²) in [7, 11) is 0. The Bertz CT molecular complexity index is 1610. The lowest BCUT2D eigenvalue weighted by Gasteiger charge is -2.25. The number of nitrogens with zero attached hydrogens (tertiary/aromatic N) is 3. The van der Waals surface area contributed by atoms with E-state index in [1.807, 2.05) is 30.3 Å². The smallest absolute Gasteiger partial charge is 0.390 e. The molecule has 45 heavy (non-hydrogen) atoms. The number of aryl methyl sites for hydroxylation is 1. The van der Waals surface area contributed by atoms with Gasteiger partial charge in [-0.2, -0.15) is 18.2 Å². The Morgan fingerprint density at radius 1 is 1.02 bits per heavy atom. The highest BCUT2D eigenvalue weighted by atomic mass is 19.4. The number of amides is 2. The van der Waals surface area contributed by atoms with Crippen molar-refractivity contribution < 1.29 is 32.4 Å². The molecule has 1 aliphatic rings. The van der Waals surface area contributed by atoms with Crippen molar-refractivity contribution in [1.29, 1.82) is 0 Å². The van der Waals surface area contributed by atoms with Crippen molar-refractivity contribution in [3.05, 3.63) is 118 Å². The van der Waals surface area contributed by atoms with Crippen LogP contribution in [0.25, 0.3) is 0 Å². The summed E-state index contributed by atoms with van der Waals surface area (Å²) in [5.41, 5.74) is 1.11. The molecule has 236 valence electrons. The normalized spacial score (nSPS) is 16.4. The zero-order valence-corrected chi connectivity index (χ0v) is 24.6. The monoisotopic (exact) mass is 621 g/mol. The van der Waals surface area contributed by atoms with Crippen molar-refractivity contribution in [2.45, 2.75) is 57.1 Å². The summed E-state index contributed by atoms with van der Waals surface area (Å²) in [6, 6.07) is 19.6. The first-order valence-corrected chi connectivity index (χ1v) is 14.7. The Morgan fingerprint density at radius 2 is 1.76 bits per heavy atom. The number of aliphatic hydroxyl groups is 1. The number of likely N-dealkylation sites (tertiary alicyclic amines) is 1. The summed E-state index contributed by atoms with van der Waals surface area (Å²) in [6.45, 7) is 2.33. The minimum Gasteiger partial charge on any atom is -0.390 e. The van der Waals surface area contributed by atoms with E-state index < -0.39 is 29.8 Å². The molecule has 0 aliphatic carbocycles. The van der Waals surface area contributed by atoms with Gasteiger partial charge < -0.3 is 25.2 Å². The highest BCUT2D eigenvalue weighted by Gasteiger charge is 2.35. The van der Waals surface area contributed by atoms with Crippen molar-refractivity contribution >= 4 is 11.8 Å². The fraction of sp³-hybridized carbons (Fsp3) is 0.333. The minimum atomic E-state index is -4.45. The molecule has 1 aromatic heterocycles. The average molecular weight is 622 g/mol. The lowest BCUT2D eigenvalue weighted by molar-refractivity contribution is -0.137. The number of hydrogen-bond acceptors (Lipinski definition) is 7. The zero-order chi connectivity index (χ0) is 32.0. The van der Waals surface area contributed by atoms with Gasteiger partial charge >= 0.3 is 6.18 Å². The third kappa shape index (κ3) is 8.14. The summed E-state index contributed by atoms with van der Waals surface area (Å²) in [4.78, 5) is 32.9. The Hall–Kier alpha value is -4.55. The van der Waals surface area contributed by atoms with Gasteiger partial charge in [0.25, 0.3) is 11.8 Å². The maximum Gasteiger partial charge on any atom is 0.416 e. The fourth-order valence-corrected chi connectivity index (χ4v) is 5.44. The van der Waals surface area contributed by atoms with Gasteiger partial charge in [0.2, 0.25) is 5.89 Å². The number of aromatic nitrogens is 2. The predicted molar refractivity (Wildman–Crippen MR) is 159 cm³/mol. The number of nitrogens with one attached hydrogen (secondary N) is 2. The summed E-state index contributed by atoms with van der Waals surface area (Å²) >= 11 is 0. The topological polar surface area (TPSA) is 121 Å². The van der Waals surface area contributed by atoms with Gasteiger partial charge in [-0.25, -0.2) is 0 Å². The first kappa shape index (κ1) is 31.9. The summed E-state index contributed by atoms with van der Waals surface area (Å²) in [5, 5.41) is 20.8. The first-order valence-electron chi connectivity index (χ1n) is 14.7. The van der Waals surface area contributed by atoms with Crippen molar-refractivity contribution in [2.24, 2.45) is 0 Å². The SMILES string of the molecule is Cc1noc(C2CCCN2C(=O)c2cccc(C(=O)N[C@@H](Cc3ccccc3)[C@@H](O)CNCc3cccc(C(F)(F)F)c3)c2)n1. The molecule has 1 fully saturated rings. The van der Waals surface area contributed by atoms with E-state index in [1.165, 1.54) is 12.1 Å². The molecule has 3 aromatic carbocycles. The quantitative estimate of drug-likeness (QED) is 0.219. The van der Waals surface area contributed by atoms with E-state index >= 15 is 0 Å². The number of halogens is 3. The van der Waals surface area contributed by atoms with Gasteiger partial charge in [0.05, 0.1) is 17.7 Å². The van der Waals surface area contributed by atoms with Crippen LogP contribution < -0.4 is 10.6 Å². The molecule has 3 atom stereocenters. The van der Waals surface area contributed by atoms with Crippen LogP contribution in [0.3, 0.4) is 0 Å². The number of benzene rings is 3. The van der Waals surface area contributed by atoms with E-state index in [1.54, 1.807) is 36.1 Å². The molecule has 0 radical (unpaired) electrons. The third-order valence-electron chi connectivity index (χ3n) is 7.73. The molecule has 1 saturated heterocycles. The molecule has 0 spiro atoms. The highest BCUT2D eigenvalue weighted by molar-refractivity contribution is 6.00. The predicted octanol–water partition coefficient (Wildman–Crippen LogP) is 4.87. The Morgan fingerprint density at radius 3 is 2.49 bits per heavy atom. The van der Waals surface area contributed by atoms with Crippen LogP contribution >= 0.6 is 0 Å². The molecule has 3 N–H and O–H groups in total. The van der Waals surface area contributed by atoms with Crippen LogP contribution in [0.1, 0.15) is 68.0 Å². The molecule has 2 heterocycles. The molecular weight excluding hydrogens is 587 g/mol. The molecule has 2 amide bonds. The molecule has 9 nitrogen and oxygen atoms in total. The van der Waals surface area contributed by atoms with Gasteiger partial charge in [-0.3, -0.25) is 9.59 Å². The van der Waals surface area contributed by atoms with Gasteiger partial charge in [-0.05, 0) is 61.6 Å². The van der Waals surface area contributed by atoms with Crippen molar-refractivity contribution in [1.82, 2.24) is 25.7 Å². The van der Waals surface area contributed by atoms with Crippen LogP contribution in [0.2, 0.25) is 0 Å². The molecule has 5 rings (SSSR count). The largest absolute Gasteiger partial charge is 0.416 e. The highest BCUT2D eigenvalue weighted by Crippen LogP contribution is 2.32. The second-order valence-electron chi connectivity index (χ2n) is 11.1. The lowest BCUT2D eigenvalue weighted by Crippen LogP contribution is -2.48. The number of carbonyl (C=O) groups excluding carboxylic acids is 2. The zero-order valence-electron chi connectivity index (χ0n) is 24.6. The second-order valence-corrected chi connectivity index (χ2v) is 11.1. The van der Waals surface area contributed by atoms with Gasteiger partial charge in [0.15, 0.2) is 5.82 Å². The summed E-state index contributed by atoms with van der Waals surface area (Å²) < 4.78 is 44.6. The van der Waals surface area contributed by atoms with E-state index in [9.17, 15) is 27.9 Å². The van der Waals surface area contributed by atoms with E-state index in [4.69, 9.17) is 4.52 Å². The van der Waals surface area contributed by atoms with E-state index in [-0.39, 0.29) is 30.6 Å². The van der Waals surface area contributed by atoms with Crippen LogP contribution in [-0.4, -0.2) is 57.2 Å². The standard InChI is InChI=1S/C33H34F3N5O4/c1-21-38-31(45-40-21)28-14-7-15-41(28)32(44)25-12-6-11-24(18-25)30(43)39-27(17-22-8-3-2-4-9-22)29(42)20-37-19-23-10-5-13-26(16-23)33(34,35)36/h2-6,8-13,16,18,27-29,37,42H,7,14-15,17,19-20H2,1H3,(H,39,43)/t27-,28?,29-/m0/s1. The number of aliphatic hydroxyl groups excluding tert-OH is 1. The van der Waals surface area contributed by atoms with E-state index in [0.29, 0.717) is 42.2 Å². The number of rotatable bonds is 11. The van der Waals surface area contributed by atoms with Crippen molar-refractivity contribution in [2.75, 3.05) is 13.1 Å². The summed E-state index contributed by atoms with van der Waals surface area (Å²) in [5.74, 6) is 0.128. The van der Waals surface area contributed by atoms with Crippen LogP contribution in [0.15, 0.2) is 83.4 Å². The molecule has 1 aliphatic heterocycles. The molecule has 4 aromatic rings. The van der Waals surface area contributed by atoms with Gasteiger partial charge in [0.1, 0.15) is 6.04 Å². The van der Waals surface area contributed by atoms with Crippen molar-refractivity contribution in [3.63, 3.8) is 0 Å². The van der Waals surface area contributed by atoms with E-state index in [2.05, 4.69) is 20.8 Å². The Kier molecular flexibility index (Phi) is 9.94. The fourth-order valence-electron chi connectivity index (χ4n) is 5.44. The molecule has 12 heteroatoms. The maximum absolute atomic E-state index is 13.5. The second kappa shape index (κ2) is 14.0. The molecular formula is C33H34F3N5O4. The van der Waals surface area contributed by atoms with Gasteiger partial charge in [0, 0.05) is 30.8 Å². The van der Waals surface area contributed by atoms with Crippen molar-refractivity contribution in [3.8, 4) is 0 Å². The number of hydrogen-bond donors (Lipinski definition) is 3. The number of carbonyl (C=O) groups is 2. The van der Waals surface area contributed by atoms with Crippen LogP contribution in [0.5, 0.6) is 0 Å². The average Bonchev–Trinajstić information content (AvgIpc) is 3.70. The maximum atomic E-state index is 13.5. The molecule has 1 unspecified atom stereocenters. The van der Waals surface area contributed by atoms with Crippen LogP contribution in [0, 0.1) is 6.92 Å². The Balaban J connectivity index is 1.26. The summed E-state index contributed by atoms with van der Waals surface area (Å²) in [6.07, 6.45) is -3.76. The lowest BCUT2D eigenvalue weighted by atomic mass is 10.00. The first-order chi connectivity index (χ1) is 21.6. The van der Waals surface area contributed by atoms with Gasteiger partial charge in [-0.15, -0.1) is 0 Å². The molecule has 0 saturated carbocycles. The van der Waals surface area contributed by atoms with Gasteiger partial charge in [-0.1, -0.05) is 59.8 Å². The number of alkyl halides is 3. The minimum absolute atomic E-state index is 0.0120. The van der Waals surface area contributed by atoms with Crippen LogP contribution in [0.4, 0.5) is 13.2 Å². The van der Waals surface area contributed by atoms with E-state index in [0.717, 1.165) is 24.1 Å². The molecule has 0 bridgehead atoms. The third-order valence-corrected chi connectivity index (χ3v) is 7.73. The Labute approximate surface area is 258 Å². The van der Waals surface area contributed by atoms with Crippen LogP contribution in [-0.2, 0) is 19.1 Å².